The molecule has 2 aliphatic heterocycles. The number of ether oxygens (including phenoxy) is 3. The Labute approximate surface area is 112 Å². The summed E-state index contributed by atoms with van der Waals surface area (Å²) in [6, 6.07) is 0. The van der Waals surface area contributed by atoms with Crippen LogP contribution in [-0.2, 0) is 19.0 Å². The third-order valence-corrected chi connectivity index (χ3v) is 3.56. The first-order chi connectivity index (χ1) is 8.58. The molecule has 2 rings (SSSR count). The fraction of sp³-hybridized carbons (Fsp3) is 0.667. The summed E-state index contributed by atoms with van der Waals surface area (Å²) in [4.78, 5) is 14.0. The Kier molecular flexibility index (Phi) is 3.99. The van der Waals surface area contributed by atoms with Gasteiger partial charge in [-0.15, -0.1) is 6.58 Å². The summed E-state index contributed by atoms with van der Waals surface area (Å²) in [5.74, 6) is -1.47. The zero-order chi connectivity index (χ0) is 13.2. The SMILES string of the molecule is C=CCC(C(=O)N1CCOC1=S)C1(C)OCCO1. The lowest BCUT2D eigenvalue weighted by atomic mass is 9.94. The second kappa shape index (κ2) is 5.34. The first-order valence-electron chi connectivity index (χ1n) is 5.95. The van der Waals surface area contributed by atoms with Gasteiger partial charge in [0, 0.05) is 0 Å². The number of rotatable bonds is 4. The molecule has 2 aliphatic rings. The van der Waals surface area contributed by atoms with Crippen molar-refractivity contribution in [1.82, 2.24) is 4.90 Å². The summed E-state index contributed by atoms with van der Waals surface area (Å²) in [5, 5.41) is 0.232. The van der Waals surface area contributed by atoms with Gasteiger partial charge in [0.15, 0.2) is 5.79 Å². The highest BCUT2D eigenvalue weighted by atomic mass is 32.1. The minimum absolute atomic E-state index is 0.123. The van der Waals surface area contributed by atoms with Crippen LogP contribution in [0.2, 0.25) is 0 Å². The minimum atomic E-state index is -0.899. The zero-order valence-corrected chi connectivity index (χ0v) is 11.2. The van der Waals surface area contributed by atoms with Crippen LogP contribution in [0.1, 0.15) is 13.3 Å². The maximum Gasteiger partial charge on any atom is 0.266 e. The first-order valence-corrected chi connectivity index (χ1v) is 6.36. The molecule has 5 nitrogen and oxygen atoms in total. The van der Waals surface area contributed by atoms with Crippen LogP contribution >= 0.6 is 12.2 Å². The number of allylic oxidation sites excluding steroid dienone is 1. The summed E-state index contributed by atoms with van der Waals surface area (Å²) in [6.07, 6.45) is 2.17. The summed E-state index contributed by atoms with van der Waals surface area (Å²) >= 11 is 5.01. The van der Waals surface area contributed by atoms with E-state index in [1.54, 1.807) is 13.0 Å². The molecule has 0 aromatic carbocycles. The van der Waals surface area contributed by atoms with Crippen molar-refractivity contribution in [1.29, 1.82) is 0 Å². The van der Waals surface area contributed by atoms with E-state index in [0.717, 1.165) is 0 Å². The van der Waals surface area contributed by atoms with Gasteiger partial charge in [0.1, 0.15) is 6.61 Å². The van der Waals surface area contributed by atoms with Gasteiger partial charge in [0.05, 0.1) is 25.7 Å². The van der Waals surface area contributed by atoms with Crippen molar-refractivity contribution in [3.05, 3.63) is 12.7 Å². The molecule has 0 saturated carbocycles. The Morgan fingerprint density at radius 1 is 1.56 bits per heavy atom. The normalized spacial score (nSPS) is 23.8. The molecule has 6 heteroatoms. The minimum Gasteiger partial charge on any atom is -0.469 e. The highest BCUT2D eigenvalue weighted by molar-refractivity contribution is 7.80. The zero-order valence-electron chi connectivity index (χ0n) is 10.4. The van der Waals surface area contributed by atoms with Crippen LogP contribution in [0.25, 0.3) is 0 Å². The molecule has 0 aromatic heterocycles. The average Bonchev–Trinajstić information content (AvgIpc) is 2.95. The van der Waals surface area contributed by atoms with Crippen LogP contribution in [0.4, 0.5) is 0 Å². The third-order valence-electron chi connectivity index (χ3n) is 3.22. The van der Waals surface area contributed by atoms with Crippen LogP contribution in [0.15, 0.2) is 12.7 Å². The Bertz CT molecular complexity index is 365. The Balaban J connectivity index is 2.16. The van der Waals surface area contributed by atoms with Gasteiger partial charge >= 0.3 is 0 Å². The highest BCUT2D eigenvalue weighted by Crippen LogP contribution is 2.32. The lowest BCUT2D eigenvalue weighted by molar-refractivity contribution is -0.189. The topological polar surface area (TPSA) is 48.0 Å². The van der Waals surface area contributed by atoms with Gasteiger partial charge in [-0.1, -0.05) is 6.08 Å². The standard InChI is InChI=1S/C12H17NO4S/c1-3-4-9(12(2)16-7-8-17-12)10(14)13-5-6-15-11(13)18/h3,9H,1,4-8H2,2H3. The number of carbonyl (C=O) groups is 1. The van der Waals surface area contributed by atoms with E-state index in [4.69, 9.17) is 26.4 Å². The quantitative estimate of drug-likeness (QED) is 0.566. The molecule has 2 saturated heterocycles. The largest absolute Gasteiger partial charge is 0.469 e. The second-order valence-electron chi connectivity index (χ2n) is 4.39. The number of thiocarbonyl (C=S) groups is 1. The monoisotopic (exact) mass is 271 g/mol. The predicted molar refractivity (Wildman–Crippen MR) is 68.9 cm³/mol. The Morgan fingerprint density at radius 2 is 2.22 bits per heavy atom. The number of hydrogen-bond acceptors (Lipinski definition) is 5. The summed E-state index contributed by atoms with van der Waals surface area (Å²) in [5.41, 5.74) is 0. The van der Waals surface area contributed by atoms with E-state index in [9.17, 15) is 4.79 Å². The molecule has 0 N–H and O–H groups in total. The van der Waals surface area contributed by atoms with E-state index >= 15 is 0 Å². The van der Waals surface area contributed by atoms with E-state index < -0.39 is 11.7 Å². The van der Waals surface area contributed by atoms with Crippen molar-refractivity contribution < 1.29 is 19.0 Å². The van der Waals surface area contributed by atoms with Gasteiger partial charge in [-0.2, -0.15) is 0 Å². The van der Waals surface area contributed by atoms with Crippen molar-refractivity contribution in [3.63, 3.8) is 0 Å². The fourth-order valence-electron chi connectivity index (χ4n) is 2.22. The van der Waals surface area contributed by atoms with E-state index in [2.05, 4.69) is 6.58 Å². The van der Waals surface area contributed by atoms with E-state index in [-0.39, 0.29) is 11.1 Å². The molecule has 0 aromatic rings. The van der Waals surface area contributed by atoms with Gasteiger partial charge < -0.3 is 14.2 Å². The highest BCUT2D eigenvalue weighted by Gasteiger charge is 2.46. The van der Waals surface area contributed by atoms with Gasteiger partial charge in [0.25, 0.3) is 5.17 Å². The number of amides is 1. The van der Waals surface area contributed by atoms with Crippen molar-refractivity contribution in [2.24, 2.45) is 5.92 Å². The molecular formula is C12H17NO4S. The molecule has 2 heterocycles. The summed E-state index contributed by atoms with van der Waals surface area (Å²) in [7, 11) is 0. The average molecular weight is 271 g/mol. The molecular weight excluding hydrogens is 254 g/mol. The van der Waals surface area contributed by atoms with Gasteiger partial charge in [0.2, 0.25) is 5.91 Å². The van der Waals surface area contributed by atoms with Crippen molar-refractivity contribution in [3.8, 4) is 0 Å². The van der Waals surface area contributed by atoms with Crippen molar-refractivity contribution >= 4 is 23.3 Å². The number of hydrogen-bond donors (Lipinski definition) is 0. The molecule has 18 heavy (non-hydrogen) atoms. The lowest BCUT2D eigenvalue weighted by Gasteiger charge is -2.32. The number of carbonyl (C=O) groups excluding carboxylic acids is 1. The van der Waals surface area contributed by atoms with Crippen molar-refractivity contribution in [2.45, 2.75) is 19.1 Å². The van der Waals surface area contributed by atoms with Crippen LogP contribution < -0.4 is 0 Å². The maximum absolute atomic E-state index is 12.5. The van der Waals surface area contributed by atoms with Crippen LogP contribution in [0.3, 0.4) is 0 Å². The smallest absolute Gasteiger partial charge is 0.266 e. The molecule has 0 radical (unpaired) electrons. The molecule has 1 atom stereocenters. The first kappa shape index (κ1) is 13.5. The van der Waals surface area contributed by atoms with E-state index in [1.807, 2.05) is 0 Å². The molecule has 1 unspecified atom stereocenters. The lowest BCUT2D eigenvalue weighted by Crippen LogP contribution is -2.47. The predicted octanol–water partition coefficient (Wildman–Crippen LogP) is 1.09. The molecule has 0 aliphatic carbocycles. The van der Waals surface area contributed by atoms with E-state index in [1.165, 1.54) is 4.90 Å². The van der Waals surface area contributed by atoms with Crippen molar-refractivity contribution in [2.75, 3.05) is 26.4 Å². The Hall–Kier alpha value is -0.980. The number of nitrogens with zero attached hydrogens (tertiary/aromatic N) is 1. The van der Waals surface area contributed by atoms with Crippen LogP contribution in [0, 0.1) is 5.92 Å². The Morgan fingerprint density at radius 3 is 2.72 bits per heavy atom. The molecule has 0 spiro atoms. The third kappa shape index (κ3) is 2.41. The maximum atomic E-state index is 12.5. The van der Waals surface area contributed by atoms with Gasteiger partial charge in [-0.25, -0.2) is 0 Å². The fourth-order valence-corrected chi connectivity index (χ4v) is 2.48. The van der Waals surface area contributed by atoms with Crippen LogP contribution in [-0.4, -0.2) is 48.1 Å². The molecule has 2 fully saturated rings. The van der Waals surface area contributed by atoms with Crippen LogP contribution in [0.5, 0.6) is 0 Å². The summed E-state index contributed by atoms with van der Waals surface area (Å²) < 4.78 is 16.3. The second-order valence-corrected chi connectivity index (χ2v) is 4.74. The summed E-state index contributed by atoms with van der Waals surface area (Å²) in [6.45, 7) is 7.40. The molecule has 1 amide bonds. The molecule has 100 valence electrons. The molecule has 0 bridgehead atoms. The van der Waals surface area contributed by atoms with Gasteiger partial charge in [-0.05, 0) is 25.6 Å². The van der Waals surface area contributed by atoms with E-state index in [0.29, 0.717) is 32.8 Å². The van der Waals surface area contributed by atoms with Gasteiger partial charge in [-0.3, -0.25) is 9.69 Å².